The van der Waals surface area contributed by atoms with Crippen molar-refractivity contribution in [2.75, 3.05) is 13.2 Å². The molecule has 0 radical (unpaired) electrons. The van der Waals surface area contributed by atoms with Crippen LogP contribution in [0.3, 0.4) is 0 Å². The van der Waals surface area contributed by atoms with E-state index in [9.17, 15) is 0 Å². The lowest BCUT2D eigenvalue weighted by Crippen LogP contribution is -2.18. The molecule has 1 aliphatic rings. The van der Waals surface area contributed by atoms with Crippen molar-refractivity contribution in [2.45, 2.75) is 25.9 Å². The molecule has 9 heteroatoms. The van der Waals surface area contributed by atoms with Gasteiger partial charge in [0.1, 0.15) is 17.4 Å². The zero-order valence-corrected chi connectivity index (χ0v) is 15.8. The Balaban J connectivity index is 1.59. The summed E-state index contributed by atoms with van der Waals surface area (Å²) in [7, 11) is 1.89. The fraction of sp³-hybridized carbons (Fsp3) is 0.368. The number of hydrogen-bond acceptors (Lipinski definition) is 6. The molecule has 4 aromatic rings. The lowest BCUT2D eigenvalue weighted by atomic mass is 10.2. The Morgan fingerprint density at radius 2 is 2.29 bits per heavy atom. The zero-order chi connectivity index (χ0) is 19.1. The van der Waals surface area contributed by atoms with Gasteiger partial charge in [-0.3, -0.25) is 9.78 Å². The smallest absolute Gasteiger partial charge is 0.242 e. The summed E-state index contributed by atoms with van der Waals surface area (Å²) in [6.07, 6.45) is 7.11. The topological polar surface area (TPSA) is 95.7 Å². The molecule has 0 unspecified atom stereocenters. The lowest BCUT2D eigenvalue weighted by Gasteiger charge is -2.14. The molecule has 5 heterocycles. The number of aromatic nitrogens is 7. The molecule has 0 saturated carbocycles. The van der Waals surface area contributed by atoms with Crippen LogP contribution < -0.4 is 4.74 Å². The molecule has 9 nitrogen and oxygen atoms in total. The molecule has 144 valence electrons. The normalized spacial score (nSPS) is 16.9. The standard InChI is InChI=1S/C19H21N7O2/c1-12-7-13(24-23-12)8-17-21-16-3-5-26(14-9-20-25(2)10-14)18(16)19(22-17)28-15-4-6-27-11-15/h3,5,7,9-10,15H,4,6,8,11H2,1-2H3,(H,23,24)/t15-/m0/s1. The minimum atomic E-state index is -0.00386. The number of aromatic amines is 1. The van der Waals surface area contributed by atoms with Crippen molar-refractivity contribution in [1.82, 2.24) is 34.5 Å². The number of hydrogen-bond donors (Lipinski definition) is 1. The van der Waals surface area contributed by atoms with Crippen LogP contribution in [0.4, 0.5) is 0 Å². The summed E-state index contributed by atoms with van der Waals surface area (Å²) in [5.74, 6) is 1.24. The van der Waals surface area contributed by atoms with Crippen molar-refractivity contribution in [3.63, 3.8) is 0 Å². The third kappa shape index (κ3) is 3.13. The molecule has 1 atom stereocenters. The number of ether oxygens (including phenoxy) is 2. The average molecular weight is 379 g/mol. The second-order valence-corrected chi connectivity index (χ2v) is 7.06. The highest BCUT2D eigenvalue weighted by Gasteiger charge is 2.22. The highest BCUT2D eigenvalue weighted by atomic mass is 16.5. The van der Waals surface area contributed by atoms with E-state index in [4.69, 9.17) is 19.4 Å². The molecule has 0 amide bonds. The number of nitrogens with zero attached hydrogens (tertiary/aromatic N) is 6. The van der Waals surface area contributed by atoms with Gasteiger partial charge in [0.2, 0.25) is 5.88 Å². The van der Waals surface area contributed by atoms with Crippen molar-refractivity contribution in [3.05, 3.63) is 47.9 Å². The van der Waals surface area contributed by atoms with Gasteiger partial charge in [0.15, 0.2) is 0 Å². The van der Waals surface area contributed by atoms with Gasteiger partial charge in [0, 0.05) is 31.6 Å². The maximum absolute atomic E-state index is 6.25. The highest BCUT2D eigenvalue weighted by Crippen LogP contribution is 2.29. The summed E-state index contributed by atoms with van der Waals surface area (Å²) in [6, 6.07) is 3.97. The Hall–Kier alpha value is -3.20. The van der Waals surface area contributed by atoms with E-state index in [2.05, 4.69) is 15.3 Å². The van der Waals surface area contributed by atoms with E-state index in [-0.39, 0.29) is 6.10 Å². The molecule has 0 aliphatic carbocycles. The molecule has 28 heavy (non-hydrogen) atoms. The molecular formula is C19H21N7O2. The molecule has 5 rings (SSSR count). The van der Waals surface area contributed by atoms with Gasteiger partial charge in [-0.25, -0.2) is 4.98 Å². The minimum Gasteiger partial charge on any atom is -0.470 e. The first-order valence-corrected chi connectivity index (χ1v) is 9.28. The van der Waals surface area contributed by atoms with E-state index in [0.29, 0.717) is 31.3 Å². The monoisotopic (exact) mass is 379 g/mol. The lowest BCUT2D eigenvalue weighted by molar-refractivity contribution is 0.139. The van der Waals surface area contributed by atoms with E-state index in [0.717, 1.165) is 34.5 Å². The van der Waals surface area contributed by atoms with Crippen LogP contribution in [0.1, 0.15) is 23.6 Å². The molecular weight excluding hydrogens is 358 g/mol. The number of nitrogens with one attached hydrogen (secondary N) is 1. The first-order valence-electron chi connectivity index (χ1n) is 9.28. The van der Waals surface area contributed by atoms with Gasteiger partial charge in [0.25, 0.3) is 0 Å². The summed E-state index contributed by atoms with van der Waals surface area (Å²) in [4.78, 5) is 9.49. The number of rotatable bonds is 5. The van der Waals surface area contributed by atoms with Crippen LogP contribution in [0.15, 0.2) is 30.7 Å². The summed E-state index contributed by atoms with van der Waals surface area (Å²) in [5.41, 5.74) is 4.51. The first-order chi connectivity index (χ1) is 13.7. The van der Waals surface area contributed by atoms with E-state index >= 15 is 0 Å². The van der Waals surface area contributed by atoms with Crippen LogP contribution in [0.25, 0.3) is 16.7 Å². The van der Waals surface area contributed by atoms with Gasteiger partial charge in [-0.05, 0) is 19.1 Å². The Morgan fingerprint density at radius 1 is 1.36 bits per heavy atom. The van der Waals surface area contributed by atoms with Crippen molar-refractivity contribution < 1.29 is 9.47 Å². The maximum Gasteiger partial charge on any atom is 0.242 e. The predicted octanol–water partition coefficient (Wildman–Crippen LogP) is 1.94. The zero-order valence-electron chi connectivity index (χ0n) is 15.8. The average Bonchev–Trinajstić information content (AvgIpc) is 3.43. The van der Waals surface area contributed by atoms with Crippen LogP contribution in [0.5, 0.6) is 5.88 Å². The van der Waals surface area contributed by atoms with Crippen LogP contribution in [-0.2, 0) is 18.2 Å². The summed E-state index contributed by atoms with van der Waals surface area (Å²) in [5, 5.41) is 11.5. The van der Waals surface area contributed by atoms with E-state index in [1.54, 1.807) is 4.68 Å². The fourth-order valence-corrected chi connectivity index (χ4v) is 3.46. The third-order valence-electron chi connectivity index (χ3n) is 4.78. The second kappa shape index (κ2) is 6.75. The van der Waals surface area contributed by atoms with Gasteiger partial charge in [-0.2, -0.15) is 15.2 Å². The van der Waals surface area contributed by atoms with Crippen molar-refractivity contribution in [2.24, 2.45) is 7.05 Å². The SMILES string of the molecule is Cc1cc(Cc2nc(O[C@H]3CCOC3)c3c(ccn3-c3cnn(C)c3)n2)n[nH]1. The van der Waals surface area contributed by atoms with Crippen molar-refractivity contribution >= 4 is 11.0 Å². The molecule has 1 N–H and O–H groups in total. The molecule has 1 fully saturated rings. The molecule has 0 bridgehead atoms. The van der Waals surface area contributed by atoms with E-state index < -0.39 is 0 Å². The van der Waals surface area contributed by atoms with Gasteiger partial charge in [-0.1, -0.05) is 0 Å². The van der Waals surface area contributed by atoms with Crippen molar-refractivity contribution in [3.8, 4) is 11.6 Å². The predicted molar refractivity (Wildman–Crippen MR) is 102 cm³/mol. The van der Waals surface area contributed by atoms with Gasteiger partial charge in [0.05, 0.1) is 42.7 Å². The summed E-state index contributed by atoms with van der Waals surface area (Å²) >= 11 is 0. The molecule has 0 spiro atoms. The number of aryl methyl sites for hydroxylation is 2. The van der Waals surface area contributed by atoms with E-state index in [1.165, 1.54) is 0 Å². The Kier molecular flexibility index (Phi) is 4.09. The minimum absolute atomic E-state index is 0.00386. The number of fused-ring (bicyclic) bond motifs is 1. The third-order valence-corrected chi connectivity index (χ3v) is 4.78. The van der Waals surface area contributed by atoms with Gasteiger partial charge < -0.3 is 14.0 Å². The highest BCUT2D eigenvalue weighted by molar-refractivity contribution is 5.82. The molecule has 4 aromatic heterocycles. The van der Waals surface area contributed by atoms with Crippen LogP contribution in [0.2, 0.25) is 0 Å². The maximum atomic E-state index is 6.25. The Bertz CT molecular complexity index is 1120. The largest absolute Gasteiger partial charge is 0.470 e. The van der Waals surface area contributed by atoms with Gasteiger partial charge in [-0.15, -0.1) is 0 Å². The summed E-state index contributed by atoms with van der Waals surface area (Å²) in [6.45, 7) is 3.26. The van der Waals surface area contributed by atoms with Crippen LogP contribution in [0, 0.1) is 6.92 Å². The first kappa shape index (κ1) is 16.9. The quantitative estimate of drug-likeness (QED) is 0.569. The van der Waals surface area contributed by atoms with Crippen molar-refractivity contribution in [1.29, 1.82) is 0 Å². The molecule has 1 aliphatic heterocycles. The second-order valence-electron chi connectivity index (χ2n) is 7.06. The fourth-order valence-electron chi connectivity index (χ4n) is 3.46. The van der Waals surface area contributed by atoms with Crippen LogP contribution >= 0.6 is 0 Å². The van der Waals surface area contributed by atoms with Gasteiger partial charge >= 0.3 is 0 Å². The Morgan fingerprint density at radius 3 is 3.00 bits per heavy atom. The van der Waals surface area contributed by atoms with E-state index in [1.807, 2.05) is 49.3 Å². The molecule has 0 aromatic carbocycles. The number of H-pyrrole nitrogens is 1. The molecule has 1 saturated heterocycles. The van der Waals surface area contributed by atoms with Crippen LogP contribution in [-0.4, -0.2) is 53.8 Å². The summed E-state index contributed by atoms with van der Waals surface area (Å²) < 4.78 is 15.5. The Labute approximate surface area is 161 Å².